The summed E-state index contributed by atoms with van der Waals surface area (Å²) in [5.41, 5.74) is 2.06. The van der Waals surface area contributed by atoms with E-state index in [1.807, 2.05) is 0 Å². The third-order valence-electron chi connectivity index (χ3n) is 6.49. The standard InChI is InChI=1S/C26H22F5NO5/c1-11-17(26(34)36-3)18(19-14(32-11)5-4-6-15(19)33)12-7-8-16(35-2)13(9-12)10-37-25-23(30)21(28)20(27)22(29)24(25)31/h7-9,17-18H,4-6,10H2,1-3H3/t17?,18-/m0/s1. The highest BCUT2D eigenvalue weighted by Crippen LogP contribution is 2.44. The van der Waals surface area contributed by atoms with Gasteiger partial charge < -0.3 is 14.2 Å². The third kappa shape index (κ3) is 4.58. The number of Topliss-reactive ketones (excluding diaryl/α,β-unsaturated/α-hetero) is 1. The summed E-state index contributed by atoms with van der Waals surface area (Å²) in [6.07, 6.45) is 1.45. The lowest BCUT2D eigenvalue weighted by Crippen LogP contribution is -2.37. The Hall–Kier alpha value is -3.76. The van der Waals surface area contributed by atoms with E-state index in [-0.39, 0.29) is 23.5 Å². The first-order valence-corrected chi connectivity index (χ1v) is 11.3. The maximum atomic E-state index is 14.1. The molecule has 0 radical (unpaired) electrons. The Balaban J connectivity index is 1.78. The van der Waals surface area contributed by atoms with Crippen LogP contribution in [0.3, 0.4) is 0 Å². The van der Waals surface area contributed by atoms with E-state index in [9.17, 15) is 31.5 Å². The number of carbonyl (C=O) groups excluding carboxylic acids is 2. The molecule has 2 aromatic carbocycles. The molecule has 2 aliphatic rings. The summed E-state index contributed by atoms with van der Waals surface area (Å²) in [4.78, 5) is 30.2. The normalized spacial score (nSPS) is 19.4. The summed E-state index contributed by atoms with van der Waals surface area (Å²) in [5.74, 6) is -14.5. The fraction of sp³-hybridized carbons (Fsp3) is 0.346. The number of rotatable bonds is 6. The second kappa shape index (κ2) is 10.3. The lowest BCUT2D eigenvalue weighted by molar-refractivity contribution is -0.143. The van der Waals surface area contributed by atoms with Crippen molar-refractivity contribution in [3.63, 3.8) is 0 Å². The Morgan fingerprint density at radius 2 is 1.65 bits per heavy atom. The average Bonchev–Trinajstić information content (AvgIpc) is 2.89. The van der Waals surface area contributed by atoms with Gasteiger partial charge in [-0.15, -0.1) is 0 Å². The third-order valence-corrected chi connectivity index (χ3v) is 6.49. The number of allylic oxidation sites excluding steroid dienone is 2. The fourth-order valence-corrected chi connectivity index (χ4v) is 4.76. The zero-order valence-corrected chi connectivity index (χ0v) is 20.1. The largest absolute Gasteiger partial charge is 0.496 e. The Bertz CT molecular complexity index is 1320. The maximum Gasteiger partial charge on any atom is 0.315 e. The molecule has 1 aliphatic carbocycles. The van der Waals surface area contributed by atoms with Crippen molar-refractivity contribution in [3.05, 3.63) is 69.7 Å². The van der Waals surface area contributed by atoms with Gasteiger partial charge in [0.2, 0.25) is 29.1 Å². The van der Waals surface area contributed by atoms with Crippen LogP contribution in [-0.4, -0.2) is 31.7 Å². The first-order valence-electron chi connectivity index (χ1n) is 11.3. The SMILES string of the molecule is COC(=O)C1C(C)=NC2=C(C(=O)CCC2)[C@H]1c1ccc(OC)c(COc2c(F)c(F)c(F)c(F)c2F)c1. The molecule has 1 unspecified atom stereocenters. The van der Waals surface area contributed by atoms with E-state index in [4.69, 9.17) is 14.2 Å². The molecule has 37 heavy (non-hydrogen) atoms. The minimum atomic E-state index is -2.30. The molecule has 0 spiro atoms. The number of esters is 1. The van der Waals surface area contributed by atoms with Gasteiger partial charge >= 0.3 is 5.97 Å². The van der Waals surface area contributed by atoms with Crippen LogP contribution in [0.4, 0.5) is 22.0 Å². The van der Waals surface area contributed by atoms with Gasteiger partial charge in [-0.25, -0.2) is 13.2 Å². The molecule has 0 aromatic heterocycles. The summed E-state index contributed by atoms with van der Waals surface area (Å²) >= 11 is 0. The van der Waals surface area contributed by atoms with Crippen LogP contribution in [0.2, 0.25) is 0 Å². The van der Waals surface area contributed by atoms with Gasteiger partial charge in [0.15, 0.2) is 11.5 Å². The van der Waals surface area contributed by atoms with Crippen molar-refractivity contribution in [1.82, 2.24) is 0 Å². The van der Waals surface area contributed by atoms with Gasteiger partial charge in [0.1, 0.15) is 18.3 Å². The quantitative estimate of drug-likeness (QED) is 0.222. The molecule has 1 heterocycles. The maximum absolute atomic E-state index is 14.1. The molecule has 196 valence electrons. The minimum Gasteiger partial charge on any atom is -0.496 e. The van der Waals surface area contributed by atoms with Crippen molar-refractivity contribution in [2.24, 2.45) is 10.9 Å². The van der Waals surface area contributed by atoms with E-state index < -0.39 is 59.2 Å². The average molecular weight is 523 g/mol. The molecule has 2 atom stereocenters. The van der Waals surface area contributed by atoms with Crippen LogP contribution >= 0.6 is 0 Å². The van der Waals surface area contributed by atoms with Gasteiger partial charge in [-0.05, 0) is 37.5 Å². The number of benzene rings is 2. The number of methoxy groups -OCH3 is 2. The van der Waals surface area contributed by atoms with Crippen molar-refractivity contribution in [2.45, 2.75) is 38.7 Å². The number of halogens is 5. The van der Waals surface area contributed by atoms with Crippen LogP contribution in [0.25, 0.3) is 0 Å². The van der Waals surface area contributed by atoms with E-state index in [0.717, 1.165) is 0 Å². The van der Waals surface area contributed by atoms with Gasteiger partial charge in [0.05, 0.1) is 14.2 Å². The molecule has 0 fully saturated rings. The molecule has 0 saturated heterocycles. The molecule has 0 amide bonds. The molecular formula is C26H22F5NO5. The molecule has 6 nitrogen and oxygen atoms in total. The van der Waals surface area contributed by atoms with Crippen molar-refractivity contribution in [1.29, 1.82) is 0 Å². The van der Waals surface area contributed by atoms with E-state index in [2.05, 4.69) is 4.99 Å². The summed E-state index contributed by atoms with van der Waals surface area (Å²) in [6.45, 7) is 1.02. The first-order chi connectivity index (χ1) is 17.6. The second-order valence-corrected chi connectivity index (χ2v) is 8.63. The number of hydrogen-bond donors (Lipinski definition) is 0. The number of nitrogens with zero attached hydrogens (tertiary/aromatic N) is 1. The number of aliphatic imine (C=N–C) groups is 1. The van der Waals surface area contributed by atoms with Gasteiger partial charge in [-0.1, -0.05) is 6.07 Å². The van der Waals surface area contributed by atoms with Crippen LogP contribution in [0.1, 0.15) is 43.2 Å². The van der Waals surface area contributed by atoms with Gasteiger partial charge in [0.25, 0.3) is 0 Å². The number of ketones is 1. The first kappa shape index (κ1) is 26.3. The van der Waals surface area contributed by atoms with Crippen molar-refractivity contribution in [3.8, 4) is 11.5 Å². The van der Waals surface area contributed by atoms with E-state index in [1.165, 1.54) is 26.4 Å². The number of carbonyl (C=O) groups is 2. The topological polar surface area (TPSA) is 74.2 Å². The van der Waals surface area contributed by atoms with Crippen LogP contribution < -0.4 is 9.47 Å². The van der Waals surface area contributed by atoms with Crippen LogP contribution in [0, 0.1) is 35.0 Å². The lowest BCUT2D eigenvalue weighted by atomic mass is 9.71. The van der Waals surface area contributed by atoms with Crippen molar-refractivity contribution >= 4 is 17.5 Å². The second-order valence-electron chi connectivity index (χ2n) is 8.63. The monoisotopic (exact) mass is 523 g/mol. The minimum absolute atomic E-state index is 0.161. The molecule has 2 aromatic rings. The van der Waals surface area contributed by atoms with Crippen molar-refractivity contribution < 1.29 is 45.8 Å². The van der Waals surface area contributed by atoms with E-state index in [1.54, 1.807) is 13.0 Å². The van der Waals surface area contributed by atoms with Gasteiger partial charge in [0, 0.05) is 34.9 Å². The Kier molecular flexibility index (Phi) is 7.33. The zero-order chi connectivity index (χ0) is 27.0. The predicted octanol–water partition coefficient (Wildman–Crippen LogP) is 5.32. The lowest BCUT2D eigenvalue weighted by Gasteiger charge is -2.34. The van der Waals surface area contributed by atoms with Crippen LogP contribution in [0.5, 0.6) is 11.5 Å². The van der Waals surface area contributed by atoms with Gasteiger partial charge in [-0.2, -0.15) is 8.78 Å². The fourth-order valence-electron chi connectivity index (χ4n) is 4.76. The van der Waals surface area contributed by atoms with E-state index in [0.29, 0.717) is 35.4 Å². The molecule has 0 N–H and O–H groups in total. The molecule has 4 rings (SSSR count). The van der Waals surface area contributed by atoms with Crippen molar-refractivity contribution in [2.75, 3.05) is 14.2 Å². The molecule has 1 aliphatic heterocycles. The van der Waals surface area contributed by atoms with E-state index >= 15 is 0 Å². The summed E-state index contributed by atoms with van der Waals surface area (Å²) < 4.78 is 84.1. The van der Waals surface area contributed by atoms with Gasteiger partial charge in [-0.3, -0.25) is 14.6 Å². The number of hydrogen-bond acceptors (Lipinski definition) is 6. The Morgan fingerprint density at radius 1 is 1.00 bits per heavy atom. The molecule has 0 bridgehead atoms. The summed E-state index contributed by atoms with van der Waals surface area (Å²) in [5, 5.41) is 0. The highest BCUT2D eigenvalue weighted by atomic mass is 19.2. The molecule has 0 saturated carbocycles. The predicted molar refractivity (Wildman–Crippen MR) is 121 cm³/mol. The Morgan fingerprint density at radius 3 is 2.27 bits per heavy atom. The summed E-state index contributed by atoms with van der Waals surface area (Å²) in [7, 11) is 2.54. The summed E-state index contributed by atoms with van der Waals surface area (Å²) in [6, 6.07) is 4.61. The smallest absolute Gasteiger partial charge is 0.315 e. The molecular weight excluding hydrogens is 501 g/mol. The van der Waals surface area contributed by atoms with Crippen LogP contribution in [0.15, 0.2) is 34.5 Å². The highest BCUT2D eigenvalue weighted by molar-refractivity contribution is 6.08. The zero-order valence-electron chi connectivity index (χ0n) is 20.1. The highest BCUT2D eigenvalue weighted by Gasteiger charge is 2.43. The molecule has 11 heteroatoms. The van der Waals surface area contributed by atoms with Crippen LogP contribution in [-0.2, 0) is 20.9 Å². The Labute approximate surface area is 208 Å². The number of ether oxygens (including phenoxy) is 3.